The minimum Gasteiger partial charge on any atom is -0.504 e. The largest absolute Gasteiger partial charge is 0.504 e. The second-order valence-corrected chi connectivity index (χ2v) is 7.41. The number of aromatic nitrogens is 2. The van der Waals surface area contributed by atoms with Crippen LogP contribution in [0.25, 0.3) is 0 Å². The molecule has 0 aliphatic carbocycles. The van der Waals surface area contributed by atoms with Gasteiger partial charge in [0, 0.05) is 16.1 Å². The summed E-state index contributed by atoms with van der Waals surface area (Å²) in [4.78, 5) is 33.4. The summed E-state index contributed by atoms with van der Waals surface area (Å²) in [5.74, 6) is -1.59. The molecule has 0 saturated carbocycles. The van der Waals surface area contributed by atoms with Crippen molar-refractivity contribution in [3.05, 3.63) is 84.1 Å². The summed E-state index contributed by atoms with van der Waals surface area (Å²) in [6.07, 6.45) is 2.06. The number of hydrogen-bond donors (Lipinski definition) is 2. The van der Waals surface area contributed by atoms with E-state index in [4.69, 9.17) is 4.74 Å². The van der Waals surface area contributed by atoms with E-state index < -0.39 is 32.9 Å². The Morgan fingerprint density at radius 3 is 2.70 bits per heavy atom. The van der Waals surface area contributed by atoms with Gasteiger partial charge < -0.3 is 9.84 Å². The molecule has 1 aromatic heterocycles. The van der Waals surface area contributed by atoms with Gasteiger partial charge in [0.1, 0.15) is 6.20 Å². The van der Waals surface area contributed by atoms with Gasteiger partial charge in [-0.25, -0.2) is 5.43 Å². The summed E-state index contributed by atoms with van der Waals surface area (Å²) in [6.45, 7) is 0.179. The van der Waals surface area contributed by atoms with E-state index in [9.17, 15) is 30.1 Å². The Morgan fingerprint density at radius 2 is 2.06 bits per heavy atom. The second kappa shape index (κ2) is 9.86. The van der Waals surface area contributed by atoms with Crippen molar-refractivity contribution in [2.75, 3.05) is 7.11 Å². The number of amides is 1. The summed E-state index contributed by atoms with van der Waals surface area (Å²) in [7, 11) is 1.21. The number of nitro groups is 2. The minimum atomic E-state index is -0.983. The zero-order valence-electron chi connectivity index (χ0n) is 16.8. The van der Waals surface area contributed by atoms with Crippen LogP contribution in [0.1, 0.15) is 21.6 Å². The first kappa shape index (κ1) is 23.3. The summed E-state index contributed by atoms with van der Waals surface area (Å²) in [5, 5.41) is 40.1. The van der Waals surface area contributed by atoms with Gasteiger partial charge in [0.2, 0.25) is 5.69 Å². The van der Waals surface area contributed by atoms with Gasteiger partial charge in [-0.05, 0) is 17.7 Å². The van der Waals surface area contributed by atoms with Crippen LogP contribution in [0.2, 0.25) is 0 Å². The summed E-state index contributed by atoms with van der Waals surface area (Å²) in [5.41, 5.74) is 1.36. The molecule has 0 spiro atoms. The van der Waals surface area contributed by atoms with E-state index in [0.29, 0.717) is 0 Å². The molecule has 14 heteroatoms. The third-order valence-electron chi connectivity index (χ3n) is 4.28. The van der Waals surface area contributed by atoms with Crippen LogP contribution in [-0.4, -0.2) is 44.0 Å². The molecule has 1 amide bonds. The smallest absolute Gasteiger partial charge is 0.320 e. The minimum absolute atomic E-state index is 0.115. The van der Waals surface area contributed by atoms with E-state index in [-0.39, 0.29) is 23.5 Å². The van der Waals surface area contributed by atoms with Crippen molar-refractivity contribution < 1.29 is 24.5 Å². The van der Waals surface area contributed by atoms with E-state index in [1.54, 1.807) is 18.2 Å². The summed E-state index contributed by atoms with van der Waals surface area (Å²) in [6, 6.07) is 9.24. The van der Waals surface area contributed by atoms with Crippen LogP contribution in [-0.2, 0) is 6.54 Å². The monoisotopic (exact) mass is 518 g/mol. The fraction of sp³-hybridized carbons (Fsp3) is 0.105. The van der Waals surface area contributed by atoms with Crippen molar-refractivity contribution >= 4 is 39.4 Å². The third-order valence-corrected chi connectivity index (χ3v) is 4.77. The van der Waals surface area contributed by atoms with Crippen LogP contribution in [0.5, 0.6) is 11.5 Å². The number of halogens is 1. The first-order chi connectivity index (χ1) is 15.7. The molecule has 1 heterocycles. The van der Waals surface area contributed by atoms with E-state index in [1.807, 2.05) is 6.07 Å². The maximum atomic E-state index is 12.5. The summed E-state index contributed by atoms with van der Waals surface area (Å²) >= 11 is 3.33. The first-order valence-corrected chi connectivity index (χ1v) is 9.84. The number of phenolic OH excluding ortho intramolecular Hbond substituents is 1. The SMILES string of the molecule is COc1cc([N+](=O)[O-])cc(C=NNC(=O)c2nn(Cc3cccc(Br)c3)cc2[N+](=O)[O-])c1O. The number of aromatic hydroxyl groups is 1. The van der Waals surface area contributed by atoms with E-state index in [0.717, 1.165) is 34.6 Å². The van der Waals surface area contributed by atoms with Gasteiger partial charge in [-0.1, -0.05) is 28.1 Å². The van der Waals surface area contributed by atoms with Gasteiger partial charge in [0.15, 0.2) is 11.5 Å². The number of nitrogens with one attached hydrogen (secondary N) is 1. The number of ether oxygens (including phenoxy) is 1. The molecule has 3 rings (SSSR count). The van der Waals surface area contributed by atoms with Crippen molar-refractivity contribution in [2.45, 2.75) is 6.54 Å². The molecule has 0 radical (unpaired) electrons. The number of methoxy groups -OCH3 is 1. The predicted molar refractivity (Wildman–Crippen MR) is 118 cm³/mol. The van der Waals surface area contributed by atoms with Crippen molar-refractivity contribution in [3.8, 4) is 11.5 Å². The fourth-order valence-corrected chi connectivity index (χ4v) is 3.24. The van der Waals surface area contributed by atoms with Crippen molar-refractivity contribution in [1.29, 1.82) is 0 Å². The lowest BCUT2D eigenvalue weighted by Crippen LogP contribution is -2.19. The quantitative estimate of drug-likeness (QED) is 0.259. The lowest BCUT2D eigenvalue weighted by atomic mass is 10.2. The number of non-ortho nitro benzene ring substituents is 1. The van der Waals surface area contributed by atoms with E-state index in [2.05, 4.69) is 31.6 Å². The Kier molecular flexibility index (Phi) is 6.97. The van der Waals surface area contributed by atoms with Crippen LogP contribution in [0.15, 0.2) is 52.2 Å². The van der Waals surface area contributed by atoms with Gasteiger partial charge in [-0.15, -0.1) is 0 Å². The molecule has 2 N–H and O–H groups in total. The van der Waals surface area contributed by atoms with Gasteiger partial charge in [0.25, 0.3) is 11.6 Å². The Hall–Kier alpha value is -4.33. The van der Waals surface area contributed by atoms with Crippen molar-refractivity contribution in [1.82, 2.24) is 15.2 Å². The first-order valence-electron chi connectivity index (χ1n) is 9.04. The van der Waals surface area contributed by atoms with Crippen LogP contribution >= 0.6 is 15.9 Å². The molecule has 3 aromatic rings. The molecule has 0 aliphatic heterocycles. The third kappa shape index (κ3) is 5.48. The normalized spacial score (nSPS) is 10.8. The zero-order valence-corrected chi connectivity index (χ0v) is 18.4. The van der Waals surface area contributed by atoms with Gasteiger partial charge in [0.05, 0.1) is 35.8 Å². The Morgan fingerprint density at radius 1 is 1.30 bits per heavy atom. The molecule has 0 atom stereocenters. The lowest BCUT2D eigenvalue weighted by molar-refractivity contribution is -0.385. The maximum Gasteiger partial charge on any atom is 0.320 e. The highest BCUT2D eigenvalue weighted by atomic mass is 79.9. The Labute approximate surface area is 193 Å². The highest BCUT2D eigenvalue weighted by Gasteiger charge is 2.25. The lowest BCUT2D eigenvalue weighted by Gasteiger charge is -2.05. The number of hydrogen-bond acceptors (Lipinski definition) is 9. The van der Waals surface area contributed by atoms with Crippen LogP contribution in [0.4, 0.5) is 11.4 Å². The Bertz CT molecular complexity index is 1270. The molecular weight excluding hydrogens is 504 g/mol. The number of phenols is 1. The maximum absolute atomic E-state index is 12.5. The molecule has 0 saturated heterocycles. The Balaban J connectivity index is 1.82. The molecule has 170 valence electrons. The number of rotatable bonds is 8. The predicted octanol–water partition coefficient (Wildman–Crippen LogP) is 2.99. The molecule has 2 aromatic carbocycles. The van der Waals surface area contributed by atoms with E-state index >= 15 is 0 Å². The van der Waals surface area contributed by atoms with Crippen LogP contribution in [0, 0.1) is 20.2 Å². The van der Waals surface area contributed by atoms with Crippen LogP contribution in [0.3, 0.4) is 0 Å². The van der Waals surface area contributed by atoms with Crippen molar-refractivity contribution in [3.63, 3.8) is 0 Å². The molecule has 0 unspecified atom stereocenters. The standard InChI is InChI=1S/C19H15BrN6O7/c1-33-16-7-14(25(29)30)6-12(18(16)27)8-21-22-19(28)17-15(26(31)32)10-24(23-17)9-11-3-2-4-13(20)5-11/h2-8,10,27H,9H2,1H3,(H,22,28). The van der Waals surface area contributed by atoms with Gasteiger partial charge in [-0.3, -0.25) is 29.7 Å². The number of hydrazone groups is 1. The highest BCUT2D eigenvalue weighted by molar-refractivity contribution is 9.10. The fourth-order valence-electron chi connectivity index (χ4n) is 2.80. The number of carbonyl (C=O) groups excluding carboxylic acids is 1. The molecule has 33 heavy (non-hydrogen) atoms. The number of nitro benzene ring substituents is 1. The average molecular weight is 519 g/mol. The molecule has 0 fully saturated rings. The van der Waals surface area contributed by atoms with Crippen molar-refractivity contribution in [2.24, 2.45) is 5.10 Å². The molecule has 0 aliphatic rings. The van der Waals surface area contributed by atoms with Gasteiger partial charge >= 0.3 is 5.69 Å². The average Bonchev–Trinajstić information content (AvgIpc) is 3.19. The molecular formula is C19H15BrN6O7. The van der Waals surface area contributed by atoms with E-state index in [1.165, 1.54) is 11.8 Å². The van der Waals surface area contributed by atoms with Gasteiger partial charge in [-0.2, -0.15) is 10.2 Å². The summed E-state index contributed by atoms with van der Waals surface area (Å²) < 4.78 is 6.94. The number of nitrogens with zero attached hydrogens (tertiary/aromatic N) is 5. The zero-order chi connectivity index (χ0) is 24.1. The number of carbonyl (C=O) groups is 1. The topological polar surface area (TPSA) is 175 Å². The molecule has 13 nitrogen and oxygen atoms in total. The molecule has 0 bridgehead atoms. The second-order valence-electron chi connectivity index (χ2n) is 6.49. The number of benzene rings is 2. The van der Waals surface area contributed by atoms with Crippen LogP contribution < -0.4 is 10.2 Å². The highest BCUT2D eigenvalue weighted by Crippen LogP contribution is 2.33.